The fourth-order valence-electron chi connectivity index (χ4n) is 1.08. The topological polar surface area (TPSA) is 24.5 Å². The zero-order valence-corrected chi connectivity index (χ0v) is 9.08. The third kappa shape index (κ3) is 3.26. The van der Waals surface area contributed by atoms with E-state index in [2.05, 4.69) is 29.4 Å². The molecule has 0 heterocycles. The van der Waals surface area contributed by atoms with Gasteiger partial charge in [0, 0.05) is 19.8 Å². The minimum atomic E-state index is 0.728. The van der Waals surface area contributed by atoms with Crippen molar-refractivity contribution in [2.75, 3.05) is 31.1 Å². The fraction of sp³-hybridized carbons (Fsp3) is 0.455. The number of benzene rings is 1. The second kappa shape index (κ2) is 5.50. The van der Waals surface area contributed by atoms with Crippen molar-refractivity contribution < 1.29 is 4.84 Å². The zero-order valence-electron chi connectivity index (χ0n) is 9.08. The monoisotopic (exact) mass is 194 g/mol. The van der Waals surface area contributed by atoms with Gasteiger partial charge in [-0.15, -0.1) is 0 Å². The van der Waals surface area contributed by atoms with Crippen molar-refractivity contribution in [1.29, 1.82) is 0 Å². The molecule has 0 amide bonds. The molecular formula is C11H18N2O. The van der Waals surface area contributed by atoms with Crippen LogP contribution in [0.15, 0.2) is 24.3 Å². The highest BCUT2D eigenvalue weighted by atomic mass is 16.6. The van der Waals surface area contributed by atoms with Gasteiger partial charge in [-0.05, 0) is 24.6 Å². The maximum atomic E-state index is 5.24. The summed E-state index contributed by atoms with van der Waals surface area (Å²) in [5.74, 6) is 0. The highest BCUT2D eigenvalue weighted by Crippen LogP contribution is 2.16. The molecule has 1 aromatic carbocycles. The summed E-state index contributed by atoms with van der Waals surface area (Å²) in [4.78, 5) is 7.30. The summed E-state index contributed by atoms with van der Waals surface area (Å²) < 4.78 is 0. The largest absolute Gasteiger partial charge is 0.378 e. The maximum Gasteiger partial charge on any atom is 0.0743 e. The van der Waals surface area contributed by atoms with Gasteiger partial charge in [0.25, 0.3) is 0 Å². The summed E-state index contributed by atoms with van der Waals surface area (Å²) in [6, 6.07) is 8.11. The lowest BCUT2D eigenvalue weighted by molar-refractivity contribution is 0.194. The predicted octanol–water partition coefficient (Wildman–Crippen LogP) is 2.51. The zero-order chi connectivity index (χ0) is 10.4. The highest BCUT2D eigenvalue weighted by Gasteiger charge is 1.96. The smallest absolute Gasteiger partial charge is 0.0743 e. The first-order chi connectivity index (χ1) is 6.74. The Balaban J connectivity index is 2.55. The van der Waals surface area contributed by atoms with Crippen LogP contribution in [0.25, 0.3) is 0 Å². The molecule has 14 heavy (non-hydrogen) atoms. The number of nitrogens with zero attached hydrogens (tertiary/aromatic N) is 1. The molecule has 0 aliphatic carbocycles. The van der Waals surface area contributed by atoms with E-state index in [1.807, 2.05) is 26.2 Å². The standard InChI is InChI=1S/C11H18N2O/c1-4-8-14-12-10-6-5-7-11(9-10)13(2)3/h5-7,9,12H,4,8H2,1-3H3. The molecule has 0 fully saturated rings. The van der Waals surface area contributed by atoms with Crippen LogP contribution < -0.4 is 10.4 Å². The molecule has 0 bridgehead atoms. The van der Waals surface area contributed by atoms with Crippen molar-refractivity contribution in [3.63, 3.8) is 0 Å². The van der Waals surface area contributed by atoms with Crippen molar-refractivity contribution >= 4 is 11.4 Å². The van der Waals surface area contributed by atoms with Crippen LogP contribution in [0.5, 0.6) is 0 Å². The molecule has 1 aromatic rings. The summed E-state index contributed by atoms with van der Waals surface area (Å²) in [6.45, 7) is 2.81. The van der Waals surface area contributed by atoms with Crippen LogP contribution in [-0.2, 0) is 4.84 Å². The van der Waals surface area contributed by atoms with Crippen LogP contribution in [0.2, 0.25) is 0 Å². The third-order valence-electron chi connectivity index (χ3n) is 1.86. The lowest BCUT2D eigenvalue weighted by Crippen LogP contribution is -2.09. The van der Waals surface area contributed by atoms with Crippen molar-refractivity contribution in [3.05, 3.63) is 24.3 Å². The molecule has 0 aliphatic rings. The Morgan fingerprint density at radius 1 is 1.36 bits per heavy atom. The van der Waals surface area contributed by atoms with Gasteiger partial charge in [-0.25, -0.2) is 0 Å². The van der Waals surface area contributed by atoms with E-state index >= 15 is 0 Å². The Kier molecular flexibility index (Phi) is 4.26. The van der Waals surface area contributed by atoms with Crippen LogP contribution in [0.3, 0.4) is 0 Å². The van der Waals surface area contributed by atoms with E-state index in [0.717, 1.165) is 24.4 Å². The number of hydrogen-bond donors (Lipinski definition) is 1. The average molecular weight is 194 g/mol. The van der Waals surface area contributed by atoms with Gasteiger partial charge in [-0.3, -0.25) is 10.3 Å². The average Bonchev–Trinajstić information content (AvgIpc) is 2.19. The van der Waals surface area contributed by atoms with Gasteiger partial charge in [0.2, 0.25) is 0 Å². The van der Waals surface area contributed by atoms with Crippen molar-refractivity contribution in [2.45, 2.75) is 13.3 Å². The van der Waals surface area contributed by atoms with Gasteiger partial charge in [0.05, 0.1) is 12.3 Å². The normalized spacial score (nSPS) is 9.93. The molecule has 78 valence electrons. The molecule has 0 radical (unpaired) electrons. The lowest BCUT2D eigenvalue weighted by Gasteiger charge is -2.14. The Bertz CT molecular complexity index is 274. The lowest BCUT2D eigenvalue weighted by atomic mass is 10.3. The molecular weight excluding hydrogens is 176 g/mol. The van der Waals surface area contributed by atoms with E-state index in [4.69, 9.17) is 4.84 Å². The van der Waals surface area contributed by atoms with Crippen molar-refractivity contribution in [3.8, 4) is 0 Å². The second-order valence-corrected chi connectivity index (χ2v) is 3.40. The quantitative estimate of drug-likeness (QED) is 0.575. The third-order valence-corrected chi connectivity index (χ3v) is 1.86. The predicted molar refractivity (Wildman–Crippen MR) is 60.6 cm³/mol. The SMILES string of the molecule is CCCONc1cccc(N(C)C)c1. The first-order valence-corrected chi connectivity index (χ1v) is 4.89. The van der Waals surface area contributed by atoms with Crippen LogP contribution in [0.4, 0.5) is 11.4 Å². The molecule has 3 heteroatoms. The Labute approximate surface area is 85.6 Å². The van der Waals surface area contributed by atoms with E-state index in [-0.39, 0.29) is 0 Å². The molecule has 0 aliphatic heterocycles. The molecule has 0 aromatic heterocycles. The molecule has 3 nitrogen and oxygen atoms in total. The number of hydrogen-bond acceptors (Lipinski definition) is 3. The van der Waals surface area contributed by atoms with Crippen molar-refractivity contribution in [2.24, 2.45) is 0 Å². The van der Waals surface area contributed by atoms with E-state index < -0.39 is 0 Å². The minimum Gasteiger partial charge on any atom is -0.378 e. The van der Waals surface area contributed by atoms with Gasteiger partial charge in [-0.2, -0.15) is 0 Å². The van der Waals surface area contributed by atoms with Gasteiger partial charge in [0.1, 0.15) is 0 Å². The highest BCUT2D eigenvalue weighted by molar-refractivity contribution is 5.56. The summed E-state index contributed by atoms with van der Waals surface area (Å²) in [5, 5.41) is 0. The van der Waals surface area contributed by atoms with E-state index in [1.54, 1.807) is 0 Å². The van der Waals surface area contributed by atoms with Gasteiger partial charge in [-0.1, -0.05) is 13.0 Å². The summed E-state index contributed by atoms with van der Waals surface area (Å²) in [7, 11) is 4.04. The van der Waals surface area contributed by atoms with Crippen LogP contribution in [0, 0.1) is 0 Å². The summed E-state index contributed by atoms with van der Waals surface area (Å²) >= 11 is 0. The van der Waals surface area contributed by atoms with Gasteiger partial charge < -0.3 is 4.90 Å². The molecule has 0 atom stereocenters. The molecule has 1 rings (SSSR count). The van der Waals surface area contributed by atoms with Gasteiger partial charge in [0.15, 0.2) is 0 Å². The fourth-order valence-corrected chi connectivity index (χ4v) is 1.08. The first kappa shape index (κ1) is 10.9. The molecule has 0 saturated heterocycles. The van der Waals surface area contributed by atoms with Crippen molar-refractivity contribution in [1.82, 2.24) is 0 Å². The molecule has 1 N–H and O–H groups in total. The second-order valence-electron chi connectivity index (χ2n) is 3.40. The van der Waals surface area contributed by atoms with E-state index in [9.17, 15) is 0 Å². The Hall–Kier alpha value is -1.22. The summed E-state index contributed by atoms with van der Waals surface area (Å²) in [5.41, 5.74) is 5.07. The number of anilines is 2. The van der Waals surface area contributed by atoms with Crippen LogP contribution in [0.1, 0.15) is 13.3 Å². The van der Waals surface area contributed by atoms with Crippen LogP contribution >= 0.6 is 0 Å². The Morgan fingerprint density at radius 2 is 2.14 bits per heavy atom. The van der Waals surface area contributed by atoms with E-state index in [1.165, 1.54) is 0 Å². The maximum absolute atomic E-state index is 5.24. The van der Waals surface area contributed by atoms with Crippen LogP contribution in [-0.4, -0.2) is 20.7 Å². The molecule has 0 unspecified atom stereocenters. The van der Waals surface area contributed by atoms with E-state index in [0.29, 0.717) is 0 Å². The minimum absolute atomic E-state index is 0.728. The molecule has 0 spiro atoms. The molecule has 0 saturated carbocycles. The summed E-state index contributed by atoms with van der Waals surface area (Å²) in [6.07, 6.45) is 1.01. The Morgan fingerprint density at radius 3 is 2.79 bits per heavy atom. The first-order valence-electron chi connectivity index (χ1n) is 4.89. The number of rotatable bonds is 5. The van der Waals surface area contributed by atoms with Gasteiger partial charge >= 0.3 is 0 Å². The number of nitrogens with one attached hydrogen (secondary N) is 1.